The van der Waals surface area contributed by atoms with Gasteiger partial charge in [0.15, 0.2) is 0 Å². The lowest BCUT2D eigenvalue weighted by Crippen LogP contribution is -2.56. The predicted molar refractivity (Wildman–Crippen MR) is 151 cm³/mol. The van der Waals surface area contributed by atoms with Gasteiger partial charge in [-0.2, -0.15) is 0 Å². The first kappa shape index (κ1) is 27.3. The van der Waals surface area contributed by atoms with Crippen LogP contribution in [0.4, 0.5) is 5.69 Å². The highest BCUT2D eigenvalue weighted by molar-refractivity contribution is 8.29. The maximum atomic E-state index is 14.0. The molecule has 0 unspecified atom stereocenters. The molecule has 0 radical (unpaired) electrons. The number of para-hydroxylation sites is 1. The molecule has 4 rings (SSSR count). The van der Waals surface area contributed by atoms with Gasteiger partial charge in [0.2, 0.25) is 0 Å². The van der Waals surface area contributed by atoms with Crippen molar-refractivity contribution in [2.24, 2.45) is 0 Å². The van der Waals surface area contributed by atoms with Gasteiger partial charge in [0.25, 0.3) is 5.91 Å². The van der Waals surface area contributed by atoms with E-state index in [0.29, 0.717) is 42.3 Å². The second-order valence-electron chi connectivity index (χ2n) is 8.40. The number of rotatable bonds is 4. The van der Waals surface area contributed by atoms with Crippen LogP contribution >= 0.6 is 47.3 Å². The molecule has 1 amide bonds. The molecule has 2 aliphatic heterocycles. The molecule has 0 aromatic heterocycles. The number of amides is 1. The van der Waals surface area contributed by atoms with Crippen LogP contribution in [0.2, 0.25) is 5.02 Å². The van der Waals surface area contributed by atoms with Crippen molar-refractivity contribution in [3.05, 3.63) is 72.7 Å². The number of thioether (sulfide) groups is 2. The van der Waals surface area contributed by atoms with Crippen LogP contribution in [0.3, 0.4) is 0 Å². The highest BCUT2D eigenvalue weighted by Crippen LogP contribution is 2.56. The number of carbonyl (C=O) groups is 3. The summed E-state index contributed by atoms with van der Waals surface area (Å²) in [7, 11) is 3.99. The number of carbonyl (C=O) groups excluding carboxylic acids is 3. The SMILES string of the molecule is COC(=O)C1=C(C(=O)OC)SC(=C2C(=S)C(C)(C)N(C(=O)c3ccccc3OC)c3ccc(Cl)cc32)S1. The number of nitrogens with zero attached hydrogens (tertiary/aromatic N) is 1. The lowest BCUT2D eigenvalue weighted by molar-refractivity contribution is -0.138. The van der Waals surface area contributed by atoms with Crippen LogP contribution in [0.5, 0.6) is 5.75 Å². The first-order valence-electron chi connectivity index (χ1n) is 10.9. The Bertz CT molecular complexity index is 1380. The van der Waals surface area contributed by atoms with Crippen molar-refractivity contribution >= 4 is 81.3 Å². The Morgan fingerprint density at radius 2 is 1.54 bits per heavy atom. The Labute approximate surface area is 233 Å². The number of esters is 2. The van der Waals surface area contributed by atoms with Crippen molar-refractivity contribution in [2.75, 3.05) is 26.2 Å². The number of methoxy groups -OCH3 is 3. The van der Waals surface area contributed by atoms with Crippen molar-refractivity contribution in [2.45, 2.75) is 19.4 Å². The van der Waals surface area contributed by atoms with E-state index >= 15 is 0 Å². The number of hydrogen-bond acceptors (Lipinski definition) is 9. The second kappa shape index (κ2) is 10.5. The summed E-state index contributed by atoms with van der Waals surface area (Å²) in [5.74, 6) is -1.18. The molecule has 0 spiro atoms. The fourth-order valence-electron chi connectivity index (χ4n) is 4.10. The average Bonchev–Trinajstić information content (AvgIpc) is 3.33. The largest absolute Gasteiger partial charge is 0.496 e. The van der Waals surface area contributed by atoms with E-state index in [1.807, 2.05) is 13.8 Å². The van der Waals surface area contributed by atoms with E-state index in [9.17, 15) is 14.4 Å². The van der Waals surface area contributed by atoms with E-state index in [4.69, 9.17) is 38.0 Å². The van der Waals surface area contributed by atoms with E-state index in [1.54, 1.807) is 47.4 Å². The molecule has 2 heterocycles. The lowest BCUT2D eigenvalue weighted by Gasteiger charge is -2.45. The normalized spacial score (nSPS) is 16.5. The van der Waals surface area contributed by atoms with Crippen molar-refractivity contribution < 1.29 is 28.6 Å². The summed E-state index contributed by atoms with van der Waals surface area (Å²) in [5.41, 5.74) is 1.19. The third-order valence-corrected chi connectivity index (χ3v) is 9.39. The average molecular weight is 576 g/mol. The third kappa shape index (κ3) is 4.67. The zero-order chi connectivity index (χ0) is 27.1. The molecule has 0 saturated heterocycles. The Balaban J connectivity index is 1.93. The number of thiocarbonyl (C=S) groups is 1. The third-order valence-electron chi connectivity index (χ3n) is 5.89. The molecule has 2 aromatic carbocycles. The van der Waals surface area contributed by atoms with Gasteiger partial charge in [0.1, 0.15) is 15.6 Å². The summed E-state index contributed by atoms with van der Waals surface area (Å²) in [6, 6.07) is 12.1. The van der Waals surface area contributed by atoms with Crippen LogP contribution in [0, 0.1) is 0 Å². The number of halogens is 1. The summed E-state index contributed by atoms with van der Waals surface area (Å²) < 4.78 is 15.8. The summed E-state index contributed by atoms with van der Waals surface area (Å²) in [6.45, 7) is 3.70. The van der Waals surface area contributed by atoms with Gasteiger partial charge in [-0.3, -0.25) is 9.69 Å². The Morgan fingerprint density at radius 3 is 2.11 bits per heavy atom. The topological polar surface area (TPSA) is 82.1 Å². The van der Waals surface area contributed by atoms with Gasteiger partial charge in [0, 0.05) is 16.2 Å². The van der Waals surface area contributed by atoms with Crippen molar-refractivity contribution in [3.63, 3.8) is 0 Å². The number of hydrogen-bond donors (Lipinski definition) is 0. The standard InChI is InChI=1S/C26H22ClNO6S3/c1-26(2)21(35)18(25-36-19(23(30)33-4)20(37-25)24(31)34-5)15-12-13(27)10-11-16(15)28(26)22(29)14-8-6-7-9-17(14)32-3/h6-12H,1-5H3. The van der Waals surface area contributed by atoms with Gasteiger partial charge >= 0.3 is 11.9 Å². The molecular formula is C26H22ClNO6S3. The minimum absolute atomic E-state index is 0.110. The molecule has 0 N–H and O–H groups in total. The lowest BCUT2D eigenvalue weighted by atomic mass is 9.83. The first-order chi connectivity index (χ1) is 17.6. The zero-order valence-electron chi connectivity index (χ0n) is 20.5. The highest BCUT2D eigenvalue weighted by Gasteiger charge is 2.46. The zero-order valence-corrected chi connectivity index (χ0v) is 23.7. The fraction of sp³-hybridized carbons (Fsp3) is 0.231. The molecule has 0 saturated carbocycles. The summed E-state index contributed by atoms with van der Waals surface area (Å²) >= 11 is 14.6. The van der Waals surface area contributed by atoms with Crippen LogP contribution in [0.1, 0.15) is 29.8 Å². The van der Waals surface area contributed by atoms with Gasteiger partial charge in [-0.15, -0.1) is 0 Å². The maximum Gasteiger partial charge on any atom is 0.346 e. The Kier molecular flexibility index (Phi) is 7.75. The molecule has 7 nitrogen and oxygen atoms in total. The summed E-state index contributed by atoms with van der Waals surface area (Å²) in [6.07, 6.45) is 0. The first-order valence-corrected chi connectivity index (χ1v) is 13.3. The molecular weight excluding hydrogens is 554 g/mol. The smallest absolute Gasteiger partial charge is 0.346 e. The monoisotopic (exact) mass is 575 g/mol. The van der Waals surface area contributed by atoms with Gasteiger partial charge in [-0.1, -0.05) is 59.5 Å². The van der Waals surface area contributed by atoms with Crippen LogP contribution in [0.25, 0.3) is 5.57 Å². The second-order valence-corrected chi connectivity index (χ2v) is 11.5. The molecule has 0 bridgehead atoms. The predicted octanol–water partition coefficient (Wildman–Crippen LogP) is 5.86. The van der Waals surface area contributed by atoms with E-state index < -0.39 is 17.5 Å². The van der Waals surface area contributed by atoms with Gasteiger partial charge in [0.05, 0.1) is 47.2 Å². The number of benzene rings is 2. The minimum Gasteiger partial charge on any atom is -0.496 e. The van der Waals surface area contributed by atoms with Crippen LogP contribution in [-0.4, -0.2) is 49.6 Å². The van der Waals surface area contributed by atoms with Crippen molar-refractivity contribution in [1.82, 2.24) is 0 Å². The number of fused-ring (bicyclic) bond motifs is 1. The summed E-state index contributed by atoms with van der Waals surface area (Å²) in [5, 5.41) is 0.436. The van der Waals surface area contributed by atoms with Crippen LogP contribution in [-0.2, 0) is 19.1 Å². The van der Waals surface area contributed by atoms with Crippen molar-refractivity contribution in [1.29, 1.82) is 0 Å². The van der Waals surface area contributed by atoms with E-state index in [-0.39, 0.29) is 15.7 Å². The molecule has 11 heteroatoms. The van der Waals surface area contributed by atoms with E-state index in [1.165, 1.54) is 21.3 Å². The van der Waals surface area contributed by atoms with Gasteiger partial charge in [-0.25, -0.2) is 9.59 Å². The Morgan fingerprint density at radius 1 is 0.946 bits per heavy atom. The van der Waals surface area contributed by atoms with Crippen molar-refractivity contribution in [3.8, 4) is 5.75 Å². The van der Waals surface area contributed by atoms with Gasteiger partial charge in [-0.05, 0) is 44.2 Å². The van der Waals surface area contributed by atoms with Crippen LogP contribution in [0.15, 0.2) is 56.5 Å². The molecule has 37 heavy (non-hydrogen) atoms. The van der Waals surface area contributed by atoms with E-state index in [2.05, 4.69) is 0 Å². The molecule has 192 valence electrons. The molecule has 0 aliphatic carbocycles. The van der Waals surface area contributed by atoms with Crippen LogP contribution < -0.4 is 9.64 Å². The molecule has 0 fully saturated rings. The maximum absolute atomic E-state index is 14.0. The van der Waals surface area contributed by atoms with E-state index in [0.717, 1.165) is 23.5 Å². The molecule has 0 atom stereocenters. The quantitative estimate of drug-likeness (QED) is 0.253. The number of anilines is 1. The summed E-state index contributed by atoms with van der Waals surface area (Å²) in [4.78, 5) is 41.2. The fourth-order valence-corrected chi connectivity index (χ4v) is 7.30. The minimum atomic E-state index is -0.975. The molecule has 2 aliphatic rings. The number of ether oxygens (including phenoxy) is 3. The Hall–Kier alpha value is -2.79. The highest BCUT2D eigenvalue weighted by atomic mass is 35.5. The van der Waals surface area contributed by atoms with Gasteiger partial charge < -0.3 is 14.2 Å². The molecule has 2 aromatic rings.